The van der Waals surface area contributed by atoms with Crippen LogP contribution in [0.15, 0.2) is 24.3 Å². The highest BCUT2D eigenvalue weighted by molar-refractivity contribution is 5.94. The summed E-state index contributed by atoms with van der Waals surface area (Å²) in [4.78, 5) is 12.4. The van der Waals surface area contributed by atoms with E-state index in [9.17, 15) is 4.79 Å². The van der Waals surface area contributed by atoms with Gasteiger partial charge in [-0.2, -0.15) is 0 Å². The first-order chi connectivity index (χ1) is 10.6. The van der Waals surface area contributed by atoms with E-state index in [-0.39, 0.29) is 11.9 Å². The van der Waals surface area contributed by atoms with E-state index in [2.05, 4.69) is 20.1 Å². The molecule has 2 heterocycles. The fourth-order valence-corrected chi connectivity index (χ4v) is 2.96. The van der Waals surface area contributed by atoms with Crippen LogP contribution in [0.1, 0.15) is 59.8 Å². The number of carbonyl (C=O) groups excluding carboxylic acids is 1. The maximum atomic E-state index is 12.4. The Labute approximate surface area is 130 Å². The van der Waals surface area contributed by atoms with E-state index in [0.717, 1.165) is 36.6 Å². The largest absolute Gasteiger partial charge is 0.342 e. The van der Waals surface area contributed by atoms with Gasteiger partial charge in [-0.1, -0.05) is 24.1 Å². The highest BCUT2D eigenvalue weighted by atomic mass is 16.1. The van der Waals surface area contributed by atoms with Gasteiger partial charge in [0, 0.05) is 18.5 Å². The van der Waals surface area contributed by atoms with Crippen molar-refractivity contribution in [1.82, 2.24) is 20.1 Å². The Morgan fingerprint density at radius 2 is 2.14 bits per heavy atom. The van der Waals surface area contributed by atoms with Crippen LogP contribution in [0.25, 0.3) is 0 Å². The van der Waals surface area contributed by atoms with Gasteiger partial charge >= 0.3 is 0 Å². The number of hydrogen-bond acceptors (Lipinski definition) is 3. The summed E-state index contributed by atoms with van der Waals surface area (Å²) in [5, 5.41) is 11.6. The standard InChI is InChI=1S/C17H22N4O/c1-12-7-6-8-14(11-12)17(22)18-13(2)16-20-19-15-9-4-3-5-10-21(15)16/h6-8,11,13H,3-5,9-10H2,1-2H3,(H,18,22)/t13-/m1/s1. The highest BCUT2D eigenvalue weighted by Crippen LogP contribution is 2.19. The number of aryl methyl sites for hydroxylation is 2. The molecule has 1 aromatic carbocycles. The second kappa shape index (κ2) is 6.30. The molecule has 0 saturated heterocycles. The van der Waals surface area contributed by atoms with Crippen molar-refractivity contribution in [2.24, 2.45) is 0 Å². The van der Waals surface area contributed by atoms with Gasteiger partial charge in [-0.15, -0.1) is 10.2 Å². The molecule has 0 radical (unpaired) electrons. The van der Waals surface area contributed by atoms with Gasteiger partial charge in [-0.3, -0.25) is 4.79 Å². The first-order valence-corrected chi connectivity index (χ1v) is 7.94. The highest BCUT2D eigenvalue weighted by Gasteiger charge is 2.20. The van der Waals surface area contributed by atoms with E-state index in [1.165, 1.54) is 12.8 Å². The predicted octanol–water partition coefficient (Wildman–Crippen LogP) is 2.80. The summed E-state index contributed by atoms with van der Waals surface area (Å²) in [7, 11) is 0. The zero-order valence-corrected chi connectivity index (χ0v) is 13.2. The van der Waals surface area contributed by atoms with E-state index in [1.54, 1.807) is 0 Å². The molecular weight excluding hydrogens is 276 g/mol. The number of carbonyl (C=O) groups is 1. The molecule has 22 heavy (non-hydrogen) atoms. The lowest BCUT2D eigenvalue weighted by molar-refractivity contribution is 0.0937. The molecule has 0 unspecified atom stereocenters. The minimum absolute atomic E-state index is 0.0674. The van der Waals surface area contributed by atoms with Crippen LogP contribution in [-0.4, -0.2) is 20.7 Å². The molecule has 3 rings (SSSR count). The fraction of sp³-hybridized carbons (Fsp3) is 0.471. The molecule has 0 saturated carbocycles. The minimum Gasteiger partial charge on any atom is -0.342 e. The summed E-state index contributed by atoms with van der Waals surface area (Å²) in [6.45, 7) is 4.90. The zero-order valence-electron chi connectivity index (χ0n) is 13.2. The first-order valence-electron chi connectivity index (χ1n) is 7.94. The normalized spacial score (nSPS) is 15.7. The third kappa shape index (κ3) is 3.03. The molecule has 1 atom stereocenters. The molecule has 0 bridgehead atoms. The molecule has 5 heteroatoms. The smallest absolute Gasteiger partial charge is 0.251 e. The van der Waals surface area contributed by atoms with Crippen molar-refractivity contribution in [3.05, 3.63) is 47.0 Å². The maximum absolute atomic E-state index is 12.4. The number of benzene rings is 1. The number of nitrogens with one attached hydrogen (secondary N) is 1. The maximum Gasteiger partial charge on any atom is 0.251 e. The Morgan fingerprint density at radius 1 is 1.27 bits per heavy atom. The third-order valence-electron chi connectivity index (χ3n) is 4.15. The van der Waals surface area contributed by atoms with Crippen LogP contribution in [0.3, 0.4) is 0 Å². The van der Waals surface area contributed by atoms with Crippen molar-refractivity contribution in [3.63, 3.8) is 0 Å². The molecule has 1 amide bonds. The molecule has 0 spiro atoms. The van der Waals surface area contributed by atoms with Crippen LogP contribution in [0.5, 0.6) is 0 Å². The van der Waals surface area contributed by atoms with E-state index in [4.69, 9.17) is 0 Å². The zero-order chi connectivity index (χ0) is 15.5. The van der Waals surface area contributed by atoms with Crippen LogP contribution < -0.4 is 5.32 Å². The molecule has 1 aromatic heterocycles. The van der Waals surface area contributed by atoms with Gasteiger partial charge in [-0.05, 0) is 38.8 Å². The van der Waals surface area contributed by atoms with Crippen molar-refractivity contribution in [3.8, 4) is 0 Å². The SMILES string of the molecule is Cc1cccc(C(=O)N[C@H](C)c2nnc3n2CCCCC3)c1. The Morgan fingerprint density at radius 3 is 2.95 bits per heavy atom. The van der Waals surface area contributed by atoms with E-state index >= 15 is 0 Å². The minimum atomic E-state index is -0.146. The van der Waals surface area contributed by atoms with Crippen LogP contribution in [0, 0.1) is 6.92 Å². The average molecular weight is 298 g/mol. The van der Waals surface area contributed by atoms with Gasteiger partial charge in [0.25, 0.3) is 5.91 Å². The second-order valence-corrected chi connectivity index (χ2v) is 6.00. The molecule has 1 N–H and O–H groups in total. The Hall–Kier alpha value is -2.17. The Bertz CT molecular complexity index is 677. The molecule has 1 aliphatic rings. The lowest BCUT2D eigenvalue weighted by Crippen LogP contribution is -2.29. The quantitative estimate of drug-likeness (QED) is 0.948. The number of fused-ring (bicyclic) bond motifs is 1. The lowest BCUT2D eigenvalue weighted by Gasteiger charge is -2.15. The molecular formula is C17H22N4O. The molecule has 0 fully saturated rings. The van der Waals surface area contributed by atoms with Crippen molar-refractivity contribution in [2.75, 3.05) is 0 Å². The van der Waals surface area contributed by atoms with Crippen molar-refractivity contribution < 1.29 is 4.79 Å². The van der Waals surface area contributed by atoms with Gasteiger partial charge in [-0.25, -0.2) is 0 Å². The molecule has 1 aliphatic heterocycles. The van der Waals surface area contributed by atoms with Gasteiger partial charge in [0.05, 0.1) is 6.04 Å². The van der Waals surface area contributed by atoms with E-state index in [0.29, 0.717) is 5.56 Å². The Balaban J connectivity index is 1.76. The van der Waals surface area contributed by atoms with E-state index in [1.807, 2.05) is 38.1 Å². The lowest BCUT2D eigenvalue weighted by atomic mass is 10.1. The van der Waals surface area contributed by atoms with Crippen LogP contribution in [0.2, 0.25) is 0 Å². The summed E-state index contributed by atoms with van der Waals surface area (Å²) < 4.78 is 2.17. The Kier molecular flexibility index (Phi) is 4.22. The van der Waals surface area contributed by atoms with E-state index < -0.39 is 0 Å². The number of hydrogen-bond donors (Lipinski definition) is 1. The summed E-state index contributed by atoms with van der Waals surface area (Å²) in [5.74, 6) is 1.84. The number of aromatic nitrogens is 3. The predicted molar refractivity (Wildman–Crippen MR) is 84.6 cm³/mol. The summed E-state index contributed by atoms with van der Waals surface area (Å²) in [6.07, 6.45) is 4.52. The fourth-order valence-electron chi connectivity index (χ4n) is 2.96. The van der Waals surface area contributed by atoms with Crippen LogP contribution in [0.4, 0.5) is 0 Å². The summed E-state index contributed by atoms with van der Waals surface area (Å²) >= 11 is 0. The molecule has 0 aliphatic carbocycles. The summed E-state index contributed by atoms with van der Waals surface area (Å²) in [6, 6.07) is 7.47. The van der Waals surface area contributed by atoms with Crippen molar-refractivity contribution >= 4 is 5.91 Å². The molecule has 5 nitrogen and oxygen atoms in total. The average Bonchev–Trinajstić information content (AvgIpc) is 2.76. The van der Waals surface area contributed by atoms with Gasteiger partial charge in [0.1, 0.15) is 5.82 Å². The number of nitrogens with zero attached hydrogens (tertiary/aromatic N) is 3. The van der Waals surface area contributed by atoms with Crippen LogP contribution >= 0.6 is 0 Å². The topological polar surface area (TPSA) is 59.8 Å². The third-order valence-corrected chi connectivity index (χ3v) is 4.15. The molecule has 2 aromatic rings. The van der Waals surface area contributed by atoms with Gasteiger partial charge in [0.15, 0.2) is 5.82 Å². The molecule has 116 valence electrons. The van der Waals surface area contributed by atoms with Crippen molar-refractivity contribution in [2.45, 2.75) is 52.1 Å². The van der Waals surface area contributed by atoms with Gasteiger partial charge < -0.3 is 9.88 Å². The number of rotatable bonds is 3. The first kappa shape index (κ1) is 14.8. The van der Waals surface area contributed by atoms with Gasteiger partial charge in [0.2, 0.25) is 0 Å². The number of amides is 1. The monoisotopic (exact) mass is 298 g/mol. The second-order valence-electron chi connectivity index (χ2n) is 6.00. The van der Waals surface area contributed by atoms with Crippen molar-refractivity contribution in [1.29, 1.82) is 0 Å². The van der Waals surface area contributed by atoms with Crippen LogP contribution in [-0.2, 0) is 13.0 Å². The summed E-state index contributed by atoms with van der Waals surface area (Å²) in [5.41, 5.74) is 1.76.